The molecule has 1 aromatic carbocycles. The summed E-state index contributed by atoms with van der Waals surface area (Å²) in [5.41, 5.74) is 1.93. The zero-order valence-corrected chi connectivity index (χ0v) is 11.6. The third kappa shape index (κ3) is 3.41. The Morgan fingerprint density at radius 3 is 2.75 bits per heavy atom. The van der Waals surface area contributed by atoms with E-state index in [0.717, 1.165) is 5.69 Å². The molecule has 0 aliphatic carbocycles. The van der Waals surface area contributed by atoms with Crippen molar-refractivity contribution < 1.29 is 9.18 Å². The lowest BCUT2D eigenvalue weighted by Crippen LogP contribution is -2.29. The van der Waals surface area contributed by atoms with Crippen molar-refractivity contribution in [3.05, 3.63) is 65.2 Å². The maximum absolute atomic E-state index is 13.2. The fraction of sp³-hybridized carbons (Fsp3) is 0.250. The molecule has 0 saturated heterocycles. The average molecular weight is 272 g/mol. The summed E-state index contributed by atoms with van der Waals surface area (Å²) in [5, 5.41) is 0. The van der Waals surface area contributed by atoms with Gasteiger partial charge in [0.05, 0.1) is 0 Å². The Balaban J connectivity index is 1.99. The van der Waals surface area contributed by atoms with Crippen LogP contribution in [0.3, 0.4) is 0 Å². The van der Waals surface area contributed by atoms with Crippen molar-refractivity contribution in [2.75, 3.05) is 13.6 Å². The van der Waals surface area contributed by atoms with Crippen molar-refractivity contribution in [3.63, 3.8) is 0 Å². The Morgan fingerprint density at radius 1 is 1.30 bits per heavy atom. The second kappa shape index (κ2) is 6.28. The van der Waals surface area contributed by atoms with E-state index in [1.54, 1.807) is 31.1 Å². The highest BCUT2D eigenvalue weighted by Crippen LogP contribution is 2.11. The first-order valence-corrected chi connectivity index (χ1v) is 6.49. The lowest BCUT2D eigenvalue weighted by Gasteiger charge is -2.17. The third-order valence-electron chi connectivity index (χ3n) is 3.18. The lowest BCUT2D eigenvalue weighted by atomic mass is 10.1. The highest BCUT2D eigenvalue weighted by molar-refractivity contribution is 5.94. The minimum absolute atomic E-state index is 0.107. The molecule has 2 rings (SSSR count). The summed E-state index contributed by atoms with van der Waals surface area (Å²) in [6.07, 6.45) is 2.43. The minimum Gasteiger partial charge on any atom is -0.341 e. The van der Waals surface area contributed by atoms with Gasteiger partial charge in [-0.3, -0.25) is 9.78 Å². The predicted octanol–water partition coefficient (Wildman–Crippen LogP) is 2.84. The number of likely N-dealkylation sites (N-methyl/N-ethyl adjacent to an activating group) is 1. The molecule has 1 aromatic heterocycles. The van der Waals surface area contributed by atoms with E-state index in [1.165, 1.54) is 12.1 Å². The van der Waals surface area contributed by atoms with E-state index in [4.69, 9.17) is 0 Å². The normalized spacial score (nSPS) is 10.3. The third-order valence-corrected chi connectivity index (χ3v) is 3.18. The molecule has 0 unspecified atom stereocenters. The zero-order valence-electron chi connectivity index (χ0n) is 11.6. The van der Waals surface area contributed by atoms with Gasteiger partial charge >= 0.3 is 0 Å². The highest BCUT2D eigenvalue weighted by Gasteiger charge is 2.12. The number of nitrogens with zero attached hydrogens (tertiary/aromatic N) is 2. The first kappa shape index (κ1) is 14.2. The van der Waals surface area contributed by atoms with Crippen LogP contribution in [0.2, 0.25) is 0 Å². The maximum atomic E-state index is 13.2. The van der Waals surface area contributed by atoms with Gasteiger partial charge in [-0.05, 0) is 42.8 Å². The number of aromatic nitrogens is 1. The van der Waals surface area contributed by atoms with Gasteiger partial charge in [-0.25, -0.2) is 4.39 Å². The van der Waals surface area contributed by atoms with Gasteiger partial charge in [-0.1, -0.05) is 6.07 Å². The Labute approximate surface area is 118 Å². The summed E-state index contributed by atoms with van der Waals surface area (Å²) in [6, 6.07) is 10.1. The molecule has 2 aromatic rings. The van der Waals surface area contributed by atoms with Gasteiger partial charge in [-0.2, -0.15) is 0 Å². The summed E-state index contributed by atoms with van der Waals surface area (Å²) in [5.74, 6) is -0.401. The largest absolute Gasteiger partial charge is 0.341 e. The van der Waals surface area contributed by atoms with Crippen LogP contribution < -0.4 is 0 Å². The Morgan fingerprint density at radius 2 is 2.10 bits per heavy atom. The Kier molecular flexibility index (Phi) is 4.45. The lowest BCUT2D eigenvalue weighted by molar-refractivity contribution is 0.0796. The SMILES string of the molecule is Cc1cc(C(=O)N(C)CCc2ccccn2)ccc1F. The topological polar surface area (TPSA) is 33.2 Å². The molecule has 20 heavy (non-hydrogen) atoms. The molecule has 4 heteroatoms. The van der Waals surface area contributed by atoms with Crippen molar-refractivity contribution in [1.29, 1.82) is 0 Å². The van der Waals surface area contributed by atoms with Gasteiger partial charge in [0, 0.05) is 37.5 Å². The van der Waals surface area contributed by atoms with Crippen molar-refractivity contribution in [1.82, 2.24) is 9.88 Å². The van der Waals surface area contributed by atoms with Gasteiger partial charge in [0.2, 0.25) is 0 Å². The van der Waals surface area contributed by atoms with E-state index in [-0.39, 0.29) is 11.7 Å². The van der Waals surface area contributed by atoms with Crippen LogP contribution in [0.1, 0.15) is 21.6 Å². The van der Waals surface area contributed by atoms with Crippen LogP contribution in [-0.4, -0.2) is 29.4 Å². The van der Waals surface area contributed by atoms with Gasteiger partial charge in [0.25, 0.3) is 5.91 Å². The average Bonchev–Trinajstić information content (AvgIpc) is 2.48. The van der Waals surface area contributed by atoms with Crippen molar-refractivity contribution in [2.24, 2.45) is 0 Å². The molecule has 1 amide bonds. The number of hydrogen-bond acceptors (Lipinski definition) is 2. The van der Waals surface area contributed by atoms with Gasteiger partial charge in [-0.15, -0.1) is 0 Å². The minimum atomic E-state index is -0.294. The Bertz CT molecular complexity index is 599. The number of aryl methyl sites for hydroxylation is 1. The number of halogens is 1. The molecule has 0 atom stereocenters. The van der Waals surface area contributed by atoms with Crippen LogP contribution in [0.5, 0.6) is 0 Å². The molecule has 0 saturated carbocycles. The van der Waals surface area contributed by atoms with Crippen molar-refractivity contribution in [2.45, 2.75) is 13.3 Å². The Hall–Kier alpha value is -2.23. The number of hydrogen-bond donors (Lipinski definition) is 0. The molecule has 0 radical (unpaired) electrons. The van der Waals surface area contributed by atoms with Crippen LogP contribution in [-0.2, 0) is 6.42 Å². The van der Waals surface area contributed by atoms with Crippen LogP contribution >= 0.6 is 0 Å². The molecule has 1 heterocycles. The maximum Gasteiger partial charge on any atom is 0.253 e. The van der Waals surface area contributed by atoms with Crippen molar-refractivity contribution in [3.8, 4) is 0 Å². The summed E-state index contributed by atoms with van der Waals surface area (Å²) in [7, 11) is 1.74. The predicted molar refractivity (Wildman–Crippen MR) is 76.0 cm³/mol. The molecular weight excluding hydrogens is 255 g/mol. The summed E-state index contributed by atoms with van der Waals surface area (Å²) in [6.45, 7) is 2.23. The molecular formula is C16H17FN2O. The molecule has 104 valence electrons. The first-order valence-electron chi connectivity index (χ1n) is 6.49. The number of carbonyl (C=O) groups is 1. The molecule has 0 spiro atoms. The number of benzene rings is 1. The monoisotopic (exact) mass is 272 g/mol. The number of carbonyl (C=O) groups excluding carboxylic acids is 1. The van der Waals surface area contributed by atoms with Gasteiger partial charge in [0.1, 0.15) is 5.82 Å². The number of pyridine rings is 1. The molecule has 0 fully saturated rings. The molecule has 0 N–H and O–H groups in total. The fourth-order valence-electron chi connectivity index (χ4n) is 1.93. The zero-order chi connectivity index (χ0) is 14.5. The smallest absolute Gasteiger partial charge is 0.253 e. The van der Waals surface area contributed by atoms with Crippen LogP contribution in [0.4, 0.5) is 4.39 Å². The van der Waals surface area contributed by atoms with E-state index >= 15 is 0 Å². The van der Waals surface area contributed by atoms with Crippen molar-refractivity contribution >= 4 is 5.91 Å². The van der Waals surface area contributed by atoms with E-state index in [1.807, 2.05) is 18.2 Å². The fourth-order valence-corrected chi connectivity index (χ4v) is 1.93. The van der Waals surface area contributed by atoms with E-state index in [2.05, 4.69) is 4.98 Å². The van der Waals surface area contributed by atoms with Crippen LogP contribution in [0.15, 0.2) is 42.6 Å². The van der Waals surface area contributed by atoms with E-state index in [9.17, 15) is 9.18 Å². The quantitative estimate of drug-likeness (QED) is 0.857. The van der Waals surface area contributed by atoms with Crippen LogP contribution in [0.25, 0.3) is 0 Å². The first-order chi connectivity index (χ1) is 9.58. The summed E-state index contributed by atoms with van der Waals surface area (Å²) in [4.78, 5) is 18.1. The summed E-state index contributed by atoms with van der Waals surface area (Å²) >= 11 is 0. The molecule has 0 aliphatic heterocycles. The molecule has 0 aliphatic rings. The number of rotatable bonds is 4. The standard InChI is InChI=1S/C16H17FN2O/c1-12-11-13(6-7-15(12)17)16(20)19(2)10-8-14-5-3-4-9-18-14/h3-7,9,11H,8,10H2,1-2H3. The van der Waals surface area contributed by atoms with Crippen LogP contribution in [0, 0.1) is 12.7 Å². The second-order valence-corrected chi connectivity index (χ2v) is 4.76. The van der Waals surface area contributed by atoms with Gasteiger partial charge < -0.3 is 4.90 Å². The molecule has 3 nitrogen and oxygen atoms in total. The van der Waals surface area contributed by atoms with Gasteiger partial charge in [0.15, 0.2) is 0 Å². The number of amides is 1. The summed E-state index contributed by atoms with van der Waals surface area (Å²) < 4.78 is 13.2. The van der Waals surface area contributed by atoms with E-state index in [0.29, 0.717) is 24.1 Å². The molecule has 0 bridgehead atoms. The highest BCUT2D eigenvalue weighted by atomic mass is 19.1. The van der Waals surface area contributed by atoms with E-state index < -0.39 is 0 Å². The second-order valence-electron chi connectivity index (χ2n) is 4.76.